The molecule has 9 heteroatoms. The van der Waals surface area contributed by atoms with Gasteiger partial charge in [0, 0.05) is 12.6 Å². The molecule has 2 fully saturated rings. The van der Waals surface area contributed by atoms with E-state index in [4.69, 9.17) is 14.6 Å². The summed E-state index contributed by atoms with van der Waals surface area (Å²) >= 11 is 0. The number of cyclic esters (lactones) is 1. The van der Waals surface area contributed by atoms with E-state index in [0.29, 0.717) is 18.7 Å². The van der Waals surface area contributed by atoms with Crippen molar-refractivity contribution in [2.24, 2.45) is 0 Å². The van der Waals surface area contributed by atoms with Gasteiger partial charge in [-0.05, 0) is 40.0 Å². The van der Waals surface area contributed by atoms with Gasteiger partial charge in [0.1, 0.15) is 23.1 Å². The number of amides is 2. The van der Waals surface area contributed by atoms with E-state index in [1.807, 2.05) is 20.8 Å². The summed E-state index contributed by atoms with van der Waals surface area (Å²) in [7, 11) is 0. The first-order valence-electron chi connectivity index (χ1n) is 9.47. The molecular formula is C19H27N3O6. The predicted molar refractivity (Wildman–Crippen MR) is 100 cm³/mol. The molecule has 1 aromatic heterocycles. The van der Waals surface area contributed by atoms with Crippen LogP contribution in [0.2, 0.25) is 0 Å². The maximum Gasteiger partial charge on any atom is 0.415 e. The molecule has 1 aromatic rings. The molecule has 3 rings (SSSR count). The molecule has 2 aliphatic rings. The number of likely N-dealkylation sites (tertiary alicyclic amines) is 1. The number of piperidine rings is 1. The van der Waals surface area contributed by atoms with Crippen LogP contribution in [-0.4, -0.2) is 63.7 Å². The summed E-state index contributed by atoms with van der Waals surface area (Å²) in [6, 6.07) is 1.17. The van der Waals surface area contributed by atoms with E-state index in [0.717, 1.165) is 12.8 Å². The largest absolute Gasteiger partial charge is 0.506 e. The molecule has 0 aromatic carbocycles. The van der Waals surface area contributed by atoms with Crippen molar-refractivity contribution < 1.29 is 29.3 Å². The second kappa shape index (κ2) is 7.83. The smallest absolute Gasteiger partial charge is 0.415 e. The molecule has 9 nitrogen and oxygen atoms in total. The number of hydrogen-bond acceptors (Lipinski definition) is 7. The number of hydrogen-bond donors (Lipinski definition) is 2. The monoisotopic (exact) mass is 393 g/mol. The van der Waals surface area contributed by atoms with Crippen LogP contribution in [0.4, 0.5) is 15.3 Å². The zero-order chi connectivity index (χ0) is 20.5. The number of aliphatic hydroxyl groups is 1. The molecule has 2 amide bonds. The third-order valence-corrected chi connectivity index (χ3v) is 4.72. The summed E-state index contributed by atoms with van der Waals surface area (Å²) in [6.45, 7) is 5.85. The lowest BCUT2D eigenvalue weighted by Crippen LogP contribution is -2.42. The normalized spacial score (nSPS) is 22.9. The molecule has 2 aliphatic heterocycles. The fourth-order valence-electron chi connectivity index (χ4n) is 3.43. The number of rotatable bonds is 3. The van der Waals surface area contributed by atoms with Crippen LogP contribution in [0.3, 0.4) is 0 Å². The van der Waals surface area contributed by atoms with E-state index in [-0.39, 0.29) is 30.6 Å². The summed E-state index contributed by atoms with van der Waals surface area (Å²) in [5.41, 5.74) is 0.153. The van der Waals surface area contributed by atoms with Crippen LogP contribution < -0.4 is 4.90 Å². The fraction of sp³-hybridized carbons (Fsp3) is 0.632. The molecule has 0 bridgehead atoms. The van der Waals surface area contributed by atoms with Crippen molar-refractivity contribution in [3.8, 4) is 5.75 Å². The SMILES string of the molecule is CC(C)(C)OC(=O)N1CCCCC1c1cc(O)c(N2C[C@H](CO)OC2=O)cn1. The molecule has 2 N–H and O–H groups in total. The number of aromatic hydroxyl groups is 1. The topological polar surface area (TPSA) is 112 Å². The van der Waals surface area contributed by atoms with Gasteiger partial charge in [-0.1, -0.05) is 0 Å². The first-order chi connectivity index (χ1) is 13.2. The highest BCUT2D eigenvalue weighted by Crippen LogP contribution is 2.36. The number of pyridine rings is 1. The maximum atomic E-state index is 12.6. The lowest BCUT2D eigenvalue weighted by Gasteiger charge is -2.36. The van der Waals surface area contributed by atoms with Crippen LogP contribution in [0.5, 0.6) is 5.75 Å². The van der Waals surface area contributed by atoms with Crippen molar-refractivity contribution in [3.05, 3.63) is 18.0 Å². The Labute approximate surface area is 163 Å². The molecular weight excluding hydrogens is 366 g/mol. The molecule has 2 saturated heterocycles. The van der Waals surface area contributed by atoms with E-state index in [1.54, 1.807) is 4.90 Å². The molecule has 1 unspecified atom stereocenters. The van der Waals surface area contributed by atoms with Gasteiger partial charge >= 0.3 is 12.2 Å². The summed E-state index contributed by atoms with van der Waals surface area (Å²) < 4.78 is 10.5. The fourth-order valence-corrected chi connectivity index (χ4v) is 3.43. The van der Waals surface area contributed by atoms with Crippen LogP contribution in [0, 0.1) is 0 Å². The van der Waals surface area contributed by atoms with Crippen molar-refractivity contribution in [1.29, 1.82) is 0 Å². The number of anilines is 1. The van der Waals surface area contributed by atoms with Crippen LogP contribution >= 0.6 is 0 Å². The van der Waals surface area contributed by atoms with Crippen molar-refractivity contribution in [2.75, 3.05) is 24.6 Å². The van der Waals surface area contributed by atoms with Crippen molar-refractivity contribution in [1.82, 2.24) is 9.88 Å². The quantitative estimate of drug-likeness (QED) is 0.811. The summed E-state index contributed by atoms with van der Waals surface area (Å²) in [6.07, 6.45) is 2.24. The van der Waals surface area contributed by atoms with Crippen LogP contribution in [0.15, 0.2) is 12.3 Å². The lowest BCUT2D eigenvalue weighted by molar-refractivity contribution is 0.00897. The number of ether oxygens (including phenoxy) is 2. The molecule has 3 heterocycles. The van der Waals surface area contributed by atoms with E-state index in [1.165, 1.54) is 17.2 Å². The second-order valence-electron chi connectivity index (χ2n) is 8.08. The van der Waals surface area contributed by atoms with Gasteiger partial charge in [-0.15, -0.1) is 0 Å². The zero-order valence-electron chi connectivity index (χ0n) is 16.4. The minimum Gasteiger partial charge on any atom is -0.506 e. The molecule has 0 saturated carbocycles. The van der Waals surface area contributed by atoms with Crippen molar-refractivity contribution in [2.45, 2.75) is 57.8 Å². The molecule has 0 spiro atoms. The first-order valence-corrected chi connectivity index (χ1v) is 9.47. The van der Waals surface area contributed by atoms with Crippen LogP contribution in [0.25, 0.3) is 0 Å². The second-order valence-corrected chi connectivity index (χ2v) is 8.08. The third kappa shape index (κ3) is 4.30. The van der Waals surface area contributed by atoms with Crippen molar-refractivity contribution >= 4 is 17.9 Å². The van der Waals surface area contributed by atoms with E-state index >= 15 is 0 Å². The third-order valence-electron chi connectivity index (χ3n) is 4.72. The first kappa shape index (κ1) is 20.2. The Morgan fingerprint density at radius 1 is 1.39 bits per heavy atom. The number of carbonyl (C=O) groups is 2. The van der Waals surface area contributed by atoms with Gasteiger partial charge in [0.15, 0.2) is 0 Å². The Hall–Kier alpha value is -2.55. The van der Waals surface area contributed by atoms with Gasteiger partial charge in [0.2, 0.25) is 0 Å². The van der Waals surface area contributed by atoms with Gasteiger partial charge in [0.05, 0.1) is 31.1 Å². The highest BCUT2D eigenvalue weighted by molar-refractivity contribution is 5.91. The Morgan fingerprint density at radius 2 is 2.14 bits per heavy atom. The summed E-state index contributed by atoms with van der Waals surface area (Å²) in [5.74, 6) is -0.129. The molecule has 2 atom stereocenters. The minimum absolute atomic E-state index is 0.129. The van der Waals surface area contributed by atoms with Gasteiger partial charge in [-0.3, -0.25) is 14.8 Å². The van der Waals surface area contributed by atoms with Gasteiger partial charge in [0.25, 0.3) is 0 Å². The predicted octanol–water partition coefficient (Wildman–Crippen LogP) is 2.57. The Morgan fingerprint density at radius 3 is 2.75 bits per heavy atom. The highest BCUT2D eigenvalue weighted by atomic mass is 16.6. The van der Waals surface area contributed by atoms with Crippen molar-refractivity contribution in [3.63, 3.8) is 0 Å². The highest BCUT2D eigenvalue weighted by Gasteiger charge is 2.35. The average molecular weight is 393 g/mol. The zero-order valence-corrected chi connectivity index (χ0v) is 16.4. The van der Waals surface area contributed by atoms with E-state index in [2.05, 4.69) is 4.98 Å². The average Bonchev–Trinajstić information content (AvgIpc) is 3.01. The minimum atomic E-state index is -0.642. The number of nitrogens with zero attached hydrogens (tertiary/aromatic N) is 3. The maximum absolute atomic E-state index is 12.6. The summed E-state index contributed by atoms with van der Waals surface area (Å²) in [4.78, 5) is 31.8. The number of aromatic nitrogens is 1. The van der Waals surface area contributed by atoms with Crippen LogP contribution in [-0.2, 0) is 9.47 Å². The Balaban J connectivity index is 1.81. The standard InChI is InChI=1S/C19H27N3O6/c1-19(2,3)28-18(26)21-7-5-4-6-14(21)13-8-16(24)15(9-20-13)22-10-12(11-23)27-17(22)25/h8-9,12,14,23H,4-7,10-11H2,1-3H3,(H,20,24)/t12-,14?/m1/s1. The van der Waals surface area contributed by atoms with Gasteiger partial charge in [-0.2, -0.15) is 0 Å². The number of carbonyl (C=O) groups excluding carboxylic acids is 2. The molecule has 154 valence electrons. The molecule has 0 radical (unpaired) electrons. The summed E-state index contributed by atoms with van der Waals surface area (Å²) in [5, 5.41) is 19.6. The molecule has 28 heavy (non-hydrogen) atoms. The number of aliphatic hydroxyl groups excluding tert-OH is 1. The Kier molecular flexibility index (Phi) is 5.64. The molecule has 0 aliphatic carbocycles. The van der Waals surface area contributed by atoms with E-state index < -0.39 is 23.9 Å². The van der Waals surface area contributed by atoms with Gasteiger partial charge < -0.3 is 19.7 Å². The van der Waals surface area contributed by atoms with Gasteiger partial charge in [-0.25, -0.2) is 9.59 Å². The Bertz CT molecular complexity index is 748. The lowest BCUT2D eigenvalue weighted by atomic mass is 9.99. The van der Waals surface area contributed by atoms with E-state index in [9.17, 15) is 14.7 Å². The van der Waals surface area contributed by atoms with Crippen LogP contribution in [0.1, 0.15) is 51.8 Å².